The van der Waals surface area contributed by atoms with Crippen LogP contribution in [0.5, 0.6) is 0 Å². The fourth-order valence-electron chi connectivity index (χ4n) is 1.87. The highest BCUT2D eigenvalue weighted by Crippen LogP contribution is 2.35. The number of hydrogen-bond donors (Lipinski definition) is 1. The van der Waals surface area contributed by atoms with E-state index in [9.17, 15) is 4.79 Å². The minimum atomic E-state index is -0.130. The molecule has 2 heteroatoms. The summed E-state index contributed by atoms with van der Waals surface area (Å²) in [6.07, 6.45) is 0.996. The maximum Gasteiger partial charge on any atom is 0.222 e. The first kappa shape index (κ1) is 15.5. The van der Waals surface area contributed by atoms with Crippen molar-refractivity contribution in [3.8, 4) is 0 Å². The van der Waals surface area contributed by atoms with Crippen LogP contribution in [0.1, 0.15) is 61.8 Å². The van der Waals surface area contributed by atoms with Crippen molar-refractivity contribution in [2.45, 2.75) is 67.3 Å². The van der Waals surface area contributed by atoms with E-state index in [0.29, 0.717) is 5.92 Å². The smallest absolute Gasteiger partial charge is 0.222 e. The quantitative estimate of drug-likeness (QED) is 0.764. The van der Waals surface area contributed by atoms with E-state index < -0.39 is 0 Å². The Morgan fingerprint density at radius 3 is 1.81 bits per heavy atom. The molecule has 16 heavy (non-hydrogen) atoms. The van der Waals surface area contributed by atoms with Crippen molar-refractivity contribution in [2.24, 2.45) is 17.3 Å². The Hall–Kier alpha value is -0.530. The summed E-state index contributed by atoms with van der Waals surface area (Å²) in [4.78, 5) is 11.7. The largest absolute Gasteiger partial charge is 0.351 e. The van der Waals surface area contributed by atoms with Crippen LogP contribution in [-0.4, -0.2) is 11.4 Å². The molecule has 0 aliphatic rings. The standard InChI is InChI=1S/C14H29NO/c1-10(2)12(16)15-14(7,8)9-13(5,6)11(3)4/h10-11H,9H2,1-8H3,(H,15,16). The summed E-state index contributed by atoms with van der Waals surface area (Å²) >= 11 is 0. The zero-order valence-corrected chi connectivity index (χ0v) is 12.3. The SMILES string of the molecule is CC(C)C(=O)NC(C)(C)CC(C)(C)C(C)C. The van der Waals surface area contributed by atoms with Crippen LogP contribution >= 0.6 is 0 Å². The molecule has 0 rings (SSSR count). The molecule has 0 saturated carbocycles. The summed E-state index contributed by atoms with van der Waals surface area (Å²) in [5, 5.41) is 3.13. The molecule has 0 aliphatic heterocycles. The van der Waals surface area contributed by atoms with Crippen molar-refractivity contribution >= 4 is 5.91 Å². The average molecular weight is 227 g/mol. The van der Waals surface area contributed by atoms with Gasteiger partial charge in [-0.1, -0.05) is 41.5 Å². The highest BCUT2D eigenvalue weighted by Gasteiger charge is 2.32. The number of rotatable bonds is 5. The first-order chi connectivity index (χ1) is 6.98. The van der Waals surface area contributed by atoms with E-state index in [4.69, 9.17) is 0 Å². The molecule has 0 heterocycles. The lowest BCUT2D eigenvalue weighted by Gasteiger charge is -2.38. The van der Waals surface area contributed by atoms with Crippen LogP contribution in [-0.2, 0) is 4.79 Å². The summed E-state index contributed by atoms with van der Waals surface area (Å²) in [6.45, 7) is 17.1. The zero-order valence-electron chi connectivity index (χ0n) is 12.3. The van der Waals surface area contributed by atoms with Crippen molar-refractivity contribution in [1.29, 1.82) is 0 Å². The molecule has 1 amide bonds. The van der Waals surface area contributed by atoms with E-state index in [1.807, 2.05) is 13.8 Å². The van der Waals surface area contributed by atoms with Crippen molar-refractivity contribution in [3.05, 3.63) is 0 Å². The number of nitrogens with one attached hydrogen (secondary N) is 1. The van der Waals surface area contributed by atoms with E-state index in [0.717, 1.165) is 6.42 Å². The van der Waals surface area contributed by atoms with Crippen molar-refractivity contribution < 1.29 is 4.79 Å². The van der Waals surface area contributed by atoms with E-state index in [1.165, 1.54) is 0 Å². The molecule has 96 valence electrons. The van der Waals surface area contributed by atoms with Gasteiger partial charge in [-0.25, -0.2) is 0 Å². The van der Waals surface area contributed by atoms with Gasteiger partial charge < -0.3 is 5.32 Å². The molecule has 0 saturated heterocycles. The molecule has 0 aromatic rings. The normalized spacial score (nSPS) is 13.4. The molecule has 0 aromatic heterocycles. The van der Waals surface area contributed by atoms with Gasteiger partial charge in [0.25, 0.3) is 0 Å². The van der Waals surface area contributed by atoms with Crippen LogP contribution in [0, 0.1) is 17.3 Å². The fourth-order valence-corrected chi connectivity index (χ4v) is 1.87. The Bertz CT molecular complexity index is 239. The summed E-state index contributed by atoms with van der Waals surface area (Å²) in [5.41, 5.74) is 0.114. The Morgan fingerprint density at radius 2 is 1.50 bits per heavy atom. The summed E-state index contributed by atoms with van der Waals surface area (Å²) in [5.74, 6) is 0.814. The van der Waals surface area contributed by atoms with Crippen molar-refractivity contribution in [1.82, 2.24) is 5.32 Å². The monoisotopic (exact) mass is 227 g/mol. The lowest BCUT2D eigenvalue weighted by molar-refractivity contribution is -0.126. The molecule has 0 spiro atoms. The molecule has 1 N–H and O–H groups in total. The van der Waals surface area contributed by atoms with Crippen molar-refractivity contribution in [3.63, 3.8) is 0 Å². The van der Waals surface area contributed by atoms with Gasteiger partial charge in [-0.05, 0) is 31.6 Å². The predicted octanol–water partition coefficient (Wildman–Crippen LogP) is 3.61. The minimum absolute atomic E-state index is 0.0569. The van der Waals surface area contributed by atoms with E-state index in [1.54, 1.807) is 0 Å². The number of carbonyl (C=O) groups is 1. The Morgan fingerprint density at radius 1 is 1.06 bits per heavy atom. The topological polar surface area (TPSA) is 29.1 Å². The van der Waals surface area contributed by atoms with Gasteiger partial charge in [0.15, 0.2) is 0 Å². The molecular weight excluding hydrogens is 198 g/mol. The van der Waals surface area contributed by atoms with E-state index >= 15 is 0 Å². The molecule has 0 aliphatic carbocycles. The van der Waals surface area contributed by atoms with Crippen LogP contribution in [0.25, 0.3) is 0 Å². The lowest BCUT2D eigenvalue weighted by atomic mass is 9.72. The van der Waals surface area contributed by atoms with Crippen LogP contribution in [0.3, 0.4) is 0 Å². The summed E-state index contributed by atoms with van der Waals surface area (Å²) in [6, 6.07) is 0. The van der Waals surface area contributed by atoms with E-state index in [2.05, 4.69) is 46.9 Å². The number of hydrogen-bond acceptors (Lipinski definition) is 1. The second-order valence-electron chi connectivity index (χ2n) is 6.85. The zero-order chi connectivity index (χ0) is 13.1. The molecule has 0 bridgehead atoms. The van der Waals surface area contributed by atoms with Crippen molar-refractivity contribution in [2.75, 3.05) is 0 Å². The molecule has 0 fully saturated rings. The second-order valence-corrected chi connectivity index (χ2v) is 6.85. The number of carbonyl (C=O) groups excluding carboxylic acids is 1. The van der Waals surface area contributed by atoms with Gasteiger partial charge >= 0.3 is 0 Å². The van der Waals surface area contributed by atoms with Crippen LogP contribution in [0.4, 0.5) is 0 Å². The van der Waals surface area contributed by atoms with Gasteiger partial charge in [0.2, 0.25) is 5.91 Å². The average Bonchev–Trinajstić information content (AvgIpc) is 1.99. The van der Waals surface area contributed by atoms with Gasteiger partial charge in [0.05, 0.1) is 0 Å². The van der Waals surface area contributed by atoms with Crippen LogP contribution in [0.15, 0.2) is 0 Å². The maximum atomic E-state index is 11.7. The predicted molar refractivity (Wildman–Crippen MR) is 70.3 cm³/mol. The molecule has 0 atom stereocenters. The summed E-state index contributed by atoms with van der Waals surface area (Å²) < 4.78 is 0. The first-order valence-electron chi connectivity index (χ1n) is 6.30. The minimum Gasteiger partial charge on any atom is -0.351 e. The van der Waals surface area contributed by atoms with Gasteiger partial charge in [0.1, 0.15) is 0 Å². The molecule has 0 aromatic carbocycles. The fraction of sp³-hybridized carbons (Fsp3) is 0.929. The molecule has 0 radical (unpaired) electrons. The molecule has 2 nitrogen and oxygen atoms in total. The maximum absolute atomic E-state index is 11.7. The third kappa shape index (κ3) is 5.00. The molecular formula is C14H29NO. The van der Waals surface area contributed by atoms with Gasteiger partial charge in [0, 0.05) is 11.5 Å². The second kappa shape index (κ2) is 5.20. The highest BCUT2D eigenvalue weighted by molar-refractivity contribution is 5.78. The van der Waals surface area contributed by atoms with E-state index in [-0.39, 0.29) is 22.8 Å². The van der Waals surface area contributed by atoms with Gasteiger partial charge in [-0.15, -0.1) is 0 Å². The number of amides is 1. The van der Waals surface area contributed by atoms with Crippen LogP contribution < -0.4 is 5.32 Å². The Kier molecular flexibility index (Phi) is 5.03. The Labute approximate surface area is 101 Å². The third-order valence-electron chi connectivity index (χ3n) is 3.45. The van der Waals surface area contributed by atoms with Gasteiger partial charge in [-0.3, -0.25) is 4.79 Å². The Balaban J connectivity index is 4.52. The lowest BCUT2D eigenvalue weighted by Crippen LogP contribution is -2.48. The highest BCUT2D eigenvalue weighted by atomic mass is 16.2. The van der Waals surface area contributed by atoms with Crippen LogP contribution in [0.2, 0.25) is 0 Å². The first-order valence-corrected chi connectivity index (χ1v) is 6.30. The summed E-state index contributed by atoms with van der Waals surface area (Å²) in [7, 11) is 0. The third-order valence-corrected chi connectivity index (χ3v) is 3.45. The van der Waals surface area contributed by atoms with Gasteiger partial charge in [-0.2, -0.15) is 0 Å². The molecule has 0 unspecified atom stereocenters.